The molecule has 0 spiro atoms. The van der Waals surface area contributed by atoms with E-state index in [0.29, 0.717) is 17.9 Å². The molecule has 4 heteroatoms. The molecule has 0 radical (unpaired) electrons. The number of allylic oxidation sites excluding steroid dienone is 10. The van der Waals surface area contributed by atoms with E-state index < -0.39 is 0 Å². The maximum atomic E-state index is 12.0. The lowest BCUT2D eigenvalue weighted by atomic mass is 10.2. The summed E-state index contributed by atoms with van der Waals surface area (Å²) in [5, 5.41) is 9.76. The van der Waals surface area contributed by atoms with Crippen LogP contribution in [0.1, 0.15) is 72.1 Å². The molecule has 33 heavy (non-hydrogen) atoms. The molecule has 1 aromatic carbocycles. The minimum absolute atomic E-state index is 0.00901. The van der Waals surface area contributed by atoms with Gasteiger partial charge in [-0.1, -0.05) is 67.7 Å². The van der Waals surface area contributed by atoms with E-state index in [1.54, 1.807) is 6.07 Å². The van der Waals surface area contributed by atoms with Crippen LogP contribution in [0.25, 0.3) is 0 Å². The van der Waals surface area contributed by atoms with Gasteiger partial charge in [-0.15, -0.1) is 0 Å². The Morgan fingerprint density at radius 2 is 1.33 bits per heavy atom. The summed E-state index contributed by atoms with van der Waals surface area (Å²) in [5.74, 6) is 0.468. The van der Waals surface area contributed by atoms with E-state index in [1.165, 1.54) is 12.1 Å². The molecule has 0 aliphatic heterocycles. The van der Waals surface area contributed by atoms with Crippen molar-refractivity contribution in [2.75, 3.05) is 0 Å². The van der Waals surface area contributed by atoms with Gasteiger partial charge < -0.3 is 14.6 Å². The highest BCUT2D eigenvalue weighted by Gasteiger charge is 2.08. The molecule has 0 heterocycles. The molecule has 0 aliphatic carbocycles. The number of carbonyl (C=O) groups excluding carboxylic acids is 1. The van der Waals surface area contributed by atoms with Crippen LogP contribution >= 0.6 is 0 Å². The van der Waals surface area contributed by atoms with Crippen LogP contribution in [0.15, 0.2) is 79.0 Å². The molecule has 0 amide bonds. The normalized spacial score (nSPS) is 12.4. The van der Waals surface area contributed by atoms with Crippen molar-refractivity contribution < 1.29 is 19.4 Å². The Morgan fingerprint density at radius 1 is 0.818 bits per heavy atom. The Kier molecular flexibility index (Phi) is 15.8. The van der Waals surface area contributed by atoms with Gasteiger partial charge in [0.2, 0.25) is 0 Å². The second-order valence-corrected chi connectivity index (χ2v) is 7.90. The van der Waals surface area contributed by atoms with Crippen molar-refractivity contribution in [2.45, 2.75) is 78.2 Å². The molecular weight excluding hydrogens is 412 g/mol. The van der Waals surface area contributed by atoms with Crippen LogP contribution in [-0.4, -0.2) is 17.2 Å². The number of phenols is 1. The maximum absolute atomic E-state index is 12.0. The third kappa shape index (κ3) is 16.3. The quantitative estimate of drug-likeness (QED) is 0.119. The molecule has 0 aliphatic rings. The van der Waals surface area contributed by atoms with Crippen LogP contribution in [0.2, 0.25) is 0 Å². The summed E-state index contributed by atoms with van der Waals surface area (Å²) in [4.78, 5) is 12.0. The first-order valence-corrected chi connectivity index (χ1v) is 12.0. The van der Waals surface area contributed by atoms with Crippen molar-refractivity contribution in [1.82, 2.24) is 0 Å². The summed E-state index contributed by atoms with van der Waals surface area (Å²) >= 11 is 0. The first kappa shape index (κ1) is 28.0. The van der Waals surface area contributed by atoms with Gasteiger partial charge in [-0.3, -0.25) is 4.79 Å². The zero-order valence-electron chi connectivity index (χ0n) is 20.4. The van der Waals surface area contributed by atoms with Crippen molar-refractivity contribution in [3.63, 3.8) is 0 Å². The van der Waals surface area contributed by atoms with Crippen LogP contribution in [0.3, 0.4) is 0 Å². The SMILES string of the molecule is CC/C=C\C/C=C\C/C=C\C/C=C\C/C=C\CCCC(=O)Oc1cc(O)cc(OC(C)C)c1. The van der Waals surface area contributed by atoms with E-state index in [1.807, 2.05) is 13.8 Å². The first-order valence-electron chi connectivity index (χ1n) is 12.0. The number of benzene rings is 1. The lowest BCUT2D eigenvalue weighted by Gasteiger charge is -2.11. The molecule has 1 aromatic rings. The van der Waals surface area contributed by atoms with Gasteiger partial charge in [0.05, 0.1) is 6.10 Å². The van der Waals surface area contributed by atoms with Gasteiger partial charge in [-0.25, -0.2) is 0 Å². The fourth-order valence-electron chi connectivity index (χ4n) is 2.87. The standard InChI is InChI=1S/C29H40O4/c1-4-5-6-7-8-9-10-11-12-13-14-15-16-17-18-19-20-21-29(31)33-28-23-26(30)22-27(24-28)32-25(2)3/h5-6,8-9,11-12,14-15,17-18,22-25,30H,4,7,10,13,16,19-21H2,1-3H3/b6-5-,9-8-,12-11-,15-14-,18-17-. The van der Waals surface area contributed by atoms with Crippen molar-refractivity contribution >= 4 is 5.97 Å². The highest BCUT2D eigenvalue weighted by Crippen LogP contribution is 2.28. The number of hydrogen-bond acceptors (Lipinski definition) is 4. The van der Waals surface area contributed by atoms with Gasteiger partial charge in [0.25, 0.3) is 0 Å². The van der Waals surface area contributed by atoms with Gasteiger partial charge in [0, 0.05) is 24.6 Å². The van der Waals surface area contributed by atoms with E-state index in [0.717, 1.165) is 44.9 Å². The Morgan fingerprint density at radius 3 is 1.88 bits per heavy atom. The summed E-state index contributed by atoms with van der Waals surface area (Å²) in [7, 11) is 0. The molecule has 0 saturated carbocycles. The topological polar surface area (TPSA) is 55.8 Å². The van der Waals surface area contributed by atoms with Gasteiger partial charge >= 0.3 is 5.97 Å². The zero-order chi connectivity index (χ0) is 24.2. The minimum Gasteiger partial charge on any atom is -0.508 e. The lowest BCUT2D eigenvalue weighted by molar-refractivity contribution is -0.134. The minimum atomic E-state index is -0.316. The van der Waals surface area contributed by atoms with Crippen LogP contribution < -0.4 is 9.47 Å². The summed E-state index contributed by atoms with van der Waals surface area (Å²) in [6.45, 7) is 5.93. The van der Waals surface area contributed by atoms with Crippen LogP contribution in [0.4, 0.5) is 0 Å². The fraction of sp³-hybridized carbons (Fsp3) is 0.414. The predicted molar refractivity (Wildman–Crippen MR) is 138 cm³/mol. The molecule has 0 aromatic heterocycles. The van der Waals surface area contributed by atoms with Crippen LogP contribution in [0.5, 0.6) is 17.2 Å². The number of unbranched alkanes of at least 4 members (excludes halogenated alkanes) is 1. The summed E-state index contributed by atoms with van der Waals surface area (Å²) in [6.07, 6.45) is 28.4. The molecule has 4 nitrogen and oxygen atoms in total. The van der Waals surface area contributed by atoms with E-state index in [9.17, 15) is 9.90 Å². The smallest absolute Gasteiger partial charge is 0.311 e. The average Bonchev–Trinajstić information content (AvgIpc) is 2.75. The van der Waals surface area contributed by atoms with Crippen molar-refractivity contribution in [3.05, 3.63) is 79.0 Å². The van der Waals surface area contributed by atoms with Gasteiger partial charge in [0.15, 0.2) is 0 Å². The Hall–Kier alpha value is -3.01. The zero-order valence-corrected chi connectivity index (χ0v) is 20.4. The molecule has 0 atom stereocenters. The van der Waals surface area contributed by atoms with Gasteiger partial charge in [0.1, 0.15) is 17.2 Å². The molecule has 180 valence electrons. The van der Waals surface area contributed by atoms with Crippen LogP contribution in [0, 0.1) is 0 Å². The number of rotatable bonds is 16. The largest absolute Gasteiger partial charge is 0.508 e. The Balaban J connectivity index is 2.13. The predicted octanol–water partition coefficient (Wildman–Crippen LogP) is 8.01. The molecular formula is C29H40O4. The summed E-state index contributed by atoms with van der Waals surface area (Å²) < 4.78 is 10.9. The van der Waals surface area contributed by atoms with Crippen LogP contribution in [-0.2, 0) is 4.79 Å². The molecule has 0 saturated heterocycles. The molecule has 1 N–H and O–H groups in total. The third-order valence-corrected chi connectivity index (χ3v) is 4.38. The lowest BCUT2D eigenvalue weighted by Crippen LogP contribution is -2.08. The second kappa shape index (κ2) is 18.6. The van der Waals surface area contributed by atoms with E-state index in [2.05, 4.69) is 67.7 Å². The molecule has 0 bridgehead atoms. The monoisotopic (exact) mass is 452 g/mol. The average molecular weight is 453 g/mol. The van der Waals surface area contributed by atoms with Gasteiger partial charge in [-0.05, 0) is 58.8 Å². The number of aromatic hydroxyl groups is 1. The highest BCUT2D eigenvalue weighted by atomic mass is 16.5. The first-order chi connectivity index (χ1) is 16.0. The third-order valence-electron chi connectivity index (χ3n) is 4.38. The highest BCUT2D eigenvalue weighted by molar-refractivity contribution is 5.72. The fourth-order valence-corrected chi connectivity index (χ4v) is 2.87. The maximum Gasteiger partial charge on any atom is 0.311 e. The van der Waals surface area contributed by atoms with Crippen molar-refractivity contribution in [3.8, 4) is 17.2 Å². The van der Waals surface area contributed by atoms with Crippen molar-refractivity contribution in [1.29, 1.82) is 0 Å². The van der Waals surface area contributed by atoms with E-state index >= 15 is 0 Å². The number of esters is 1. The van der Waals surface area contributed by atoms with Gasteiger partial charge in [-0.2, -0.15) is 0 Å². The number of ether oxygens (including phenoxy) is 2. The van der Waals surface area contributed by atoms with E-state index in [-0.39, 0.29) is 17.8 Å². The molecule has 0 fully saturated rings. The summed E-state index contributed by atoms with van der Waals surface area (Å²) in [5.41, 5.74) is 0. The number of carbonyl (C=O) groups is 1. The molecule has 1 rings (SSSR count). The summed E-state index contributed by atoms with van der Waals surface area (Å²) in [6, 6.07) is 4.52. The number of hydrogen-bond donors (Lipinski definition) is 1. The second-order valence-electron chi connectivity index (χ2n) is 7.90. The Bertz CT molecular complexity index is 813. The van der Waals surface area contributed by atoms with Crippen molar-refractivity contribution in [2.24, 2.45) is 0 Å². The molecule has 0 unspecified atom stereocenters. The number of phenolic OH excluding ortho intramolecular Hbond substituents is 1. The Labute approximate surface area is 200 Å². The van der Waals surface area contributed by atoms with E-state index in [4.69, 9.17) is 9.47 Å².